The number of aryl methyl sites for hydroxylation is 1. The first-order valence-corrected chi connectivity index (χ1v) is 7.66. The third-order valence-corrected chi connectivity index (χ3v) is 4.21. The number of hydrogen-bond donors (Lipinski definition) is 0. The predicted octanol–water partition coefficient (Wildman–Crippen LogP) is 3.82. The number of rotatable bonds is 4. The number of benzene rings is 2. The summed E-state index contributed by atoms with van der Waals surface area (Å²) in [5.41, 5.74) is 3.89. The standard InChI is InChI=1S/C19H21NO/c1-15-6-2-3-7-18(15)19(21)17-10-8-16(9-11-17)14-20-12-4-5-13-20/h2-3,6-11H,4-5,12-14H2,1H3. The molecular formula is C19H21NO. The molecule has 0 saturated carbocycles. The van der Waals surface area contributed by atoms with Gasteiger partial charge in [0.2, 0.25) is 0 Å². The topological polar surface area (TPSA) is 20.3 Å². The molecule has 2 nitrogen and oxygen atoms in total. The Balaban J connectivity index is 1.74. The lowest BCUT2D eigenvalue weighted by molar-refractivity contribution is 0.103. The number of hydrogen-bond acceptors (Lipinski definition) is 2. The Labute approximate surface area is 126 Å². The van der Waals surface area contributed by atoms with E-state index in [2.05, 4.69) is 17.0 Å². The summed E-state index contributed by atoms with van der Waals surface area (Å²) in [5, 5.41) is 0. The molecule has 0 unspecified atom stereocenters. The summed E-state index contributed by atoms with van der Waals surface area (Å²) in [6, 6.07) is 15.9. The first kappa shape index (κ1) is 14.0. The van der Waals surface area contributed by atoms with Crippen LogP contribution in [-0.4, -0.2) is 23.8 Å². The minimum Gasteiger partial charge on any atom is -0.299 e. The maximum absolute atomic E-state index is 12.5. The summed E-state index contributed by atoms with van der Waals surface area (Å²) in [6.45, 7) is 5.38. The number of nitrogens with zero attached hydrogens (tertiary/aromatic N) is 1. The van der Waals surface area contributed by atoms with Gasteiger partial charge < -0.3 is 0 Å². The van der Waals surface area contributed by atoms with E-state index >= 15 is 0 Å². The monoisotopic (exact) mass is 279 g/mol. The van der Waals surface area contributed by atoms with Crippen LogP contribution in [0.4, 0.5) is 0 Å². The van der Waals surface area contributed by atoms with Gasteiger partial charge in [-0.1, -0.05) is 48.5 Å². The fraction of sp³-hybridized carbons (Fsp3) is 0.316. The highest BCUT2D eigenvalue weighted by atomic mass is 16.1. The number of ketones is 1. The molecule has 0 aromatic heterocycles. The van der Waals surface area contributed by atoms with Gasteiger partial charge in [0.15, 0.2) is 5.78 Å². The molecule has 2 aromatic carbocycles. The average molecular weight is 279 g/mol. The molecule has 1 fully saturated rings. The van der Waals surface area contributed by atoms with Crippen molar-refractivity contribution in [1.82, 2.24) is 4.90 Å². The third-order valence-electron chi connectivity index (χ3n) is 4.21. The van der Waals surface area contributed by atoms with Crippen molar-refractivity contribution in [3.63, 3.8) is 0 Å². The quantitative estimate of drug-likeness (QED) is 0.793. The highest BCUT2D eigenvalue weighted by Gasteiger charge is 2.13. The molecule has 0 amide bonds. The molecule has 3 rings (SSSR count). The molecule has 0 radical (unpaired) electrons. The molecule has 0 spiro atoms. The number of carbonyl (C=O) groups excluding carboxylic acids is 1. The highest BCUT2D eigenvalue weighted by Crippen LogP contribution is 2.16. The van der Waals surface area contributed by atoms with Crippen LogP contribution in [0, 0.1) is 6.92 Å². The molecule has 0 N–H and O–H groups in total. The van der Waals surface area contributed by atoms with Gasteiger partial charge >= 0.3 is 0 Å². The zero-order valence-electron chi connectivity index (χ0n) is 12.5. The van der Waals surface area contributed by atoms with E-state index in [1.807, 2.05) is 43.3 Å². The smallest absolute Gasteiger partial charge is 0.193 e. The van der Waals surface area contributed by atoms with Crippen molar-refractivity contribution in [2.75, 3.05) is 13.1 Å². The molecule has 2 aromatic rings. The van der Waals surface area contributed by atoms with Crippen LogP contribution in [-0.2, 0) is 6.54 Å². The van der Waals surface area contributed by atoms with Gasteiger partial charge in [-0.15, -0.1) is 0 Å². The molecule has 108 valence electrons. The van der Waals surface area contributed by atoms with Crippen LogP contribution in [0.3, 0.4) is 0 Å². The minimum atomic E-state index is 0.112. The highest BCUT2D eigenvalue weighted by molar-refractivity contribution is 6.09. The summed E-state index contributed by atoms with van der Waals surface area (Å²) in [4.78, 5) is 15.0. The first-order chi connectivity index (χ1) is 10.2. The predicted molar refractivity (Wildman–Crippen MR) is 85.6 cm³/mol. The summed E-state index contributed by atoms with van der Waals surface area (Å²) >= 11 is 0. The van der Waals surface area contributed by atoms with E-state index in [0.717, 1.165) is 23.2 Å². The van der Waals surface area contributed by atoms with Gasteiger partial charge in [-0.05, 0) is 44.0 Å². The van der Waals surface area contributed by atoms with Gasteiger partial charge in [0.05, 0.1) is 0 Å². The Morgan fingerprint density at radius 1 is 1.00 bits per heavy atom. The lowest BCUT2D eigenvalue weighted by Crippen LogP contribution is -2.18. The van der Waals surface area contributed by atoms with Crippen LogP contribution in [0.2, 0.25) is 0 Å². The molecule has 1 saturated heterocycles. The largest absolute Gasteiger partial charge is 0.299 e. The summed E-state index contributed by atoms with van der Waals surface area (Å²) in [6.07, 6.45) is 2.62. The SMILES string of the molecule is Cc1ccccc1C(=O)c1ccc(CN2CCCC2)cc1. The van der Waals surface area contributed by atoms with E-state index in [0.29, 0.717) is 0 Å². The maximum Gasteiger partial charge on any atom is 0.193 e. The van der Waals surface area contributed by atoms with Crippen LogP contribution in [0.25, 0.3) is 0 Å². The summed E-state index contributed by atoms with van der Waals surface area (Å²) < 4.78 is 0. The van der Waals surface area contributed by atoms with E-state index in [4.69, 9.17) is 0 Å². The van der Waals surface area contributed by atoms with E-state index in [9.17, 15) is 4.79 Å². The van der Waals surface area contributed by atoms with Crippen molar-refractivity contribution in [2.45, 2.75) is 26.3 Å². The fourth-order valence-corrected chi connectivity index (χ4v) is 2.94. The molecule has 0 bridgehead atoms. The average Bonchev–Trinajstić information content (AvgIpc) is 3.01. The van der Waals surface area contributed by atoms with Crippen molar-refractivity contribution >= 4 is 5.78 Å². The third kappa shape index (κ3) is 3.22. The minimum absolute atomic E-state index is 0.112. The van der Waals surface area contributed by atoms with Crippen LogP contribution in [0.5, 0.6) is 0 Å². The van der Waals surface area contributed by atoms with Gasteiger partial charge in [0.1, 0.15) is 0 Å². The lowest BCUT2D eigenvalue weighted by Gasteiger charge is -2.14. The van der Waals surface area contributed by atoms with Crippen molar-refractivity contribution in [2.24, 2.45) is 0 Å². The Hall–Kier alpha value is -1.93. The molecule has 1 aliphatic heterocycles. The molecule has 1 aliphatic rings. The van der Waals surface area contributed by atoms with Gasteiger partial charge in [-0.25, -0.2) is 0 Å². The maximum atomic E-state index is 12.5. The van der Waals surface area contributed by atoms with Gasteiger partial charge in [0.25, 0.3) is 0 Å². The zero-order chi connectivity index (χ0) is 14.7. The second kappa shape index (κ2) is 6.23. The Kier molecular flexibility index (Phi) is 4.16. The molecule has 2 heteroatoms. The van der Waals surface area contributed by atoms with Crippen molar-refractivity contribution in [3.8, 4) is 0 Å². The molecule has 1 heterocycles. The summed E-state index contributed by atoms with van der Waals surface area (Å²) in [7, 11) is 0. The Morgan fingerprint density at radius 3 is 2.33 bits per heavy atom. The second-order valence-corrected chi connectivity index (χ2v) is 5.82. The van der Waals surface area contributed by atoms with Gasteiger partial charge in [0, 0.05) is 17.7 Å². The molecule has 0 aliphatic carbocycles. The molecule has 0 atom stereocenters. The fourth-order valence-electron chi connectivity index (χ4n) is 2.94. The number of carbonyl (C=O) groups is 1. The Bertz CT molecular complexity index is 624. The van der Waals surface area contributed by atoms with Crippen LogP contribution >= 0.6 is 0 Å². The van der Waals surface area contributed by atoms with Gasteiger partial charge in [-0.3, -0.25) is 9.69 Å². The number of likely N-dealkylation sites (tertiary alicyclic amines) is 1. The summed E-state index contributed by atoms with van der Waals surface area (Å²) in [5.74, 6) is 0.112. The molecule has 21 heavy (non-hydrogen) atoms. The van der Waals surface area contributed by atoms with Crippen LogP contribution in [0.1, 0.15) is 39.9 Å². The first-order valence-electron chi connectivity index (χ1n) is 7.66. The van der Waals surface area contributed by atoms with E-state index in [1.54, 1.807) is 0 Å². The van der Waals surface area contributed by atoms with Crippen LogP contribution < -0.4 is 0 Å². The van der Waals surface area contributed by atoms with Crippen molar-refractivity contribution in [3.05, 3.63) is 70.8 Å². The molecular weight excluding hydrogens is 258 g/mol. The van der Waals surface area contributed by atoms with Crippen molar-refractivity contribution < 1.29 is 4.79 Å². The van der Waals surface area contributed by atoms with E-state index in [1.165, 1.54) is 31.5 Å². The van der Waals surface area contributed by atoms with E-state index < -0.39 is 0 Å². The second-order valence-electron chi connectivity index (χ2n) is 5.82. The normalized spacial score (nSPS) is 15.3. The van der Waals surface area contributed by atoms with Crippen molar-refractivity contribution in [1.29, 1.82) is 0 Å². The zero-order valence-corrected chi connectivity index (χ0v) is 12.5. The Morgan fingerprint density at radius 2 is 1.67 bits per heavy atom. The van der Waals surface area contributed by atoms with E-state index in [-0.39, 0.29) is 5.78 Å². The van der Waals surface area contributed by atoms with Crippen LogP contribution in [0.15, 0.2) is 48.5 Å². The lowest BCUT2D eigenvalue weighted by atomic mass is 9.98. The van der Waals surface area contributed by atoms with Gasteiger partial charge in [-0.2, -0.15) is 0 Å².